The van der Waals surface area contributed by atoms with Crippen molar-refractivity contribution in [2.24, 2.45) is 0 Å². The molecule has 0 bridgehead atoms. The minimum atomic E-state index is -0.933. The van der Waals surface area contributed by atoms with Crippen molar-refractivity contribution in [3.63, 3.8) is 0 Å². The average molecular weight is 556 g/mol. The number of pyridine rings is 2. The van der Waals surface area contributed by atoms with E-state index in [-0.39, 0.29) is 18.4 Å². The molecule has 7 rings (SSSR count). The summed E-state index contributed by atoms with van der Waals surface area (Å²) in [6.45, 7) is 2.53. The molecule has 4 heterocycles. The van der Waals surface area contributed by atoms with Gasteiger partial charge in [-0.05, 0) is 67.1 Å². The van der Waals surface area contributed by atoms with Crippen LogP contribution >= 0.6 is 0 Å². The topological polar surface area (TPSA) is 87.2 Å². The lowest BCUT2D eigenvalue weighted by Gasteiger charge is -2.51. The van der Waals surface area contributed by atoms with Crippen LogP contribution in [0.5, 0.6) is 0 Å². The summed E-state index contributed by atoms with van der Waals surface area (Å²) in [4.78, 5) is 37.8. The third-order valence-electron chi connectivity index (χ3n) is 9.59. The highest BCUT2D eigenvalue weighted by Crippen LogP contribution is 2.46. The number of carbonyl (C=O) groups is 2. The van der Waals surface area contributed by atoms with Crippen LogP contribution < -0.4 is 10.6 Å². The lowest BCUT2D eigenvalue weighted by Crippen LogP contribution is -2.70. The Bertz CT molecular complexity index is 1600. The molecule has 4 aliphatic rings. The molecule has 7 nitrogen and oxygen atoms in total. The summed E-state index contributed by atoms with van der Waals surface area (Å²) in [6.07, 6.45) is 11.8. The molecule has 9 heteroatoms. The van der Waals surface area contributed by atoms with Crippen molar-refractivity contribution in [1.82, 2.24) is 20.2 Å². The van der Waals surface area contributed by atoms with Crippen molar-refractivity contribution >= 4 is 23.7 Å². The van der Waals surface area contributed by atoms with Gasteiger partial charge in [0.25, 0.3) is 0 Å². The minimum absolute atomic E-state index is 0.0355. The van der Waals surface area contributed by atoms with Gasteiger partial charge in [-0.15, -0.1) is 0 Å². The third-order valence-corrected chi connectivity index (χ3v) is 9.59. The van der Waals surface area contributed by atoms with Crippen LogP contribution in [0.15, 0.2) is 54.9 Å². The standard InChI is InChI=1S/C32H31F2N5O2/c1-30(22-13-23(33)15-24(34)14-22)19-37-32(8-2-3-9-32)29(41)39(30)11-5-6-20-12-21-16-31(17-26(21)36-18-20)25-7-4-10-35-27(25)38-28(31)40/h4-7,10,12-15,18,37H,2-3,8-9,11,16-17,19H2,1H3,(H,35,38,40)/t30-,31-/m0/s1. The summed E-state index contributed by atoms with van der Waals surface area (Å²) < 4.78 is 28.5. The number of piperazine rings is 1. The zero-order valence-corrected chi connectivity index (χ0v) is 22.8. The van der Waals surface area contributed by atoms with Gasteiger partial charge in [0.05, 0.1) is 16.5 Å². The first-order valence-electron chi connectivity index (χ1n) is 14.2. The fourth-order valence-electron chi connectivity index (χ4n) is 7.29. The Morgan fingerprint density at radius 1 is 1.05 bits per heavy atom. The van der Waals surface area contributed by atoms with E-state index in [9.17, 15) is 18.4 Å². The van der Waals surface area contributed by atoms with Crippen LogP contribution in [0.25, 0.3) is 6.08 Å². The molecule has 1 aromatic carbocycles. The molecule has 0 radical (unpaired) electrons. The maximum absolute atomic E-state index is 14.3. The van der Waals surface area contributed by atoms with E-state index >= 15 is 0 Å². The molecule has 0 unspecified atom stereocenters. The first-order valence-corrected chi connectivity index (χ1v) is 14.2. The third kappa shape index (κ3) is 4.01. The van der Waals surface area contributed by atoms with Crippen LogP contribution in [0.4, 0.5) is 14.6 Å². The highest BCUT2D eigenvalue weighted by Gasteiger charge is 2.53. The van der Waals surface area contributed by atoms with E-state index in [0.29, 0.717) is 30.8 Å². The highest BCUT2D eigenvalue weighted by molar-refractivity contribution is 6.06. The average Bonchev–Trinajstić information content (AvgIpc) is 3.65. The molecule has 3 aromatic rings. The SMILES string of the molecule is C[C@@]1(c2cc(F)cc(F)c2)CNC2(CCCC2)C(=O)N1CC=Cc1cnc2c(c1)C[C@@]1(C2)C(=O)Nc2ncccc21. The number of hydrogen-bond acceptors (Lipinski definition) is 5. The maximum atomic E-state index is 14.3. The van der Waals surface area contributed by atoms with E-state index in [1.165, 1.54) is 12.1 Å². The van der Waals surface area contributed by atoms with E-state index in [1.54, 1.807) is 17.3 Å². The van der Waals surface area contributed by atoms with Crippen molar-refractivity contribution in [3.05, 3.63) is 94.5 Å². The van der Waals surface area contributed by atoms with Gasteiger partial charge < -0.3 is 15.5 Å². The Kier molecular flexibility index (Phi) is 5.87. The first-order chi connectivity index (χ1) is 19.7. The number of amides is 2. The molecule has 2 atom stereocenters. The molecule has 2 fully saturated rings. The van der Waals surface area contributed by atoms with E-state index in [4.69, 9.17) is 4.98 Å². The summed E-state index contributed by atoms with van der Waals surface area (Å²) >= 11 is 0. The smallest absolute Gasteiger partial charge is 0.243 e. The molecule has 1 saturated heterocycles. The number of rotatable bonds is 4. The van der Waals surface area contributed by atoms with Crippen LogP contribution in [0, 0.1) is 11.6 Å². The summed E-state index contributed by atoms with van der Waals surface area (Å²) in [5, 5.41) is 6.39. The molecule has 2 aromatic heterocycles. The molecular formula is C32H31F2N5O2. The predicted molar refractivity (Wildman–Crippen MR) is 150 cm³/mol. The predicted octanol–water partition coefficient (Wildman–Crippen LogP) is 4.42. The second-order valence-corrected chi connectivity index (χ2v) is 12.1. The quantitative estimate of drug-likeness (QED) is 0.498. The second kappa shape index (κ2) is 9.27. The number of nitrogens with one attached hydrogen (secondary N) is 2. The molecule has 2 aliphatic heterocycles. The molecular weight excluding hydrogens is 524 g/mol. The Morgan fingerprint density at radius 3 is 2.61 bits per heavy atom. The molecule has 41 heavy (non-hydrogen) atoms. The van der Waals surface area contributed by atoms with Crippen LogP contribution in [-0.4, -0.2) is 45.3 Å². The normalized spacial score (nSPS) is 26.3. The maximum Gasteiger partial charge on any atom is 0.243 e. The Morgan fingerprint density at radius 2 is 1.83 bits per heavy atom. The van der Waals surface area contributed by atoms with Crippen LogP contribution in [-0.2, 0) is 33.4 Å². The van der Waals surface area contributed by atoms with Gasteiger partial charge >= 0.3 is 0 Å². The fourth-order valence-corrected chi connectivity index (χ4v) is 7.29. The Labute approximate surface area is 237 Å². The monoisotopic (exact) mass is 555 g/mol. The first kappa shape index (κ1) is 26.0. The second-order valence-electron chi connectivity index (χ2n) is 12.1. The Hall–Kier alpha value is -3.98. The van der Waals surface area contributed by atoms with Crippen molar-refractivity contribution < 1.29 is 18.4 Å². The number of hydrogen-bond donors (Lipinski definition) is 2. The molecule has 1 saturated carbocycles. The van der Waals surface area contributed by atoms with Crippen LogP contribution in [0.3, 0.4) is 0 Å². The van der Waals surface area contributed by atoms with Crippen molar-refractivity contribution in [2.75, 3.05) is 18.4 Å². The van der Waals surface area contributed by atoms with Gasteiger partial charge in [-0.1, -0.05) is 31.1 Å². The minimum Gasteiger partial charge on any atom is -0.327 e. The zero-order chi connectivity index (χ0) is 28.4. The van der Waals surface area contributed by atoms with Gasteiger partial charge in [0.15, 0.2) is 0 Å². The number of carbonyl (C=O) groups excluding carboxylic acids is 2. The number of anilines is 1. The lowest BCUT2D eigenvalue weighted by molar-refractivity contribution is -0.149. The highest BCUT2D eigenvalue weighted by atomic mass is 19.1. The van der Waals surface area contributed by atoms with Gasteiger partial charge in [0, 0.05) is 49.2 Å². The van der Waals surface area contributed by atoms with Gasteiger partial charge in [-0.25, -0.2) is 13.8 Å². The summed E-state index contributed by atoms with van der Waals surface area (Å²) in [6, 6.07) is 9.33. The van der Waals surface area contributed by atoms with Crippen molar-refractivity contribution in [1.29, 1.82) is 0 Å². The van der Waals surface area contributed by atoms with Gasteiger partial charge in [-0.2, -0.15) is 0 Å². The number of halogens is 2. The van der Waals surface area contributed by atoms with Gasteiger partial charge in [0.2, 0.25) is 11.8 Å². The van der Waals surface area contributed by atoms with Gasteiger partial charge in [-0.3, -0.25) is 14.6 Å². The number of benzene rings is 1. The van der Waals surface area contributed by atoms with Gasteiger partial charge in [0.1, 0.15) is 17.5 Å². The molecule has 2 amide bonds. The lowest BCUT2D eigenvalue weighted by atomic mass is 9.80. The van der Waals surface area contributed by atoms with Crippen molar-refractivity contribution in [2.45, 2.75) is 61.9 Å². The number of aromatic nitrogens is 2. The number of nitrogens with zero attached hydrogens (tertiary/aromatic N) is 3. The van der Waals surface area contributed by atoms with Crippen LogP contribution in [0.2, 0.25) is 0 Å². The zero-order valence-electron chi connectivity index (χ0n) is 22.8. The fraction of sp³-hybridized carbons (Fsp3) is 0.375. The molecule has 2 aliphatic carbocycles. The summed E-state index contributed by atoms with van der Waals surface area (Å²) in [5.41, 5.74) is 1.86. The largest absolute Gasteiger partial charge is 0.327 e. The number of fused-ring (bicyclic) bond motifs is 3. The van der Waals surface area contributed by atoms with E-state index in [1.807, 2.05) is 31.2 Å². The Balaban J connectivity index is 1.16. The summed E-state index contributed by atoms with van der Waals surface area (Å²) in [7, 11) is 0. The molecule has 2 N–H and O–H groups in total. The van der Waals surface area contributed by atoms with Crippen LogP contribution in [0.1, 0.15) is 60.6 Å². The van der Waals surface area contributed by atoms with Crippen molar-refractivity contribution in [3.8, 4) is 0 Å². The van der Waals surface area contributed by atoms with E-state index in [0.717, 1.165) is 54.1 Å². The van der Waals surface area contributed by atoms with E-state index in [2.05, 4.69) is 21.7 Å². The van der Waals surface area contributed by atoms with E-state index < -0.39 is 28.1 Å². The molecule has 210 valence electrons. The molecule has 2 spiro atoms. The summed E-state index contributed by atoms with van der Waals surface area (Å²) in [5.74, 6) is -0.797.